The second kappa shape index (κ2) is 7.24. The minimum Gasteiger partial charge on any atom is -0.281 e. The van der Waals surface area contributed by atoms with Crippen molar-refractivity contribution in [3.05, 3.63) is 64.9 Å². The molecule has 2 aromatic carbocycles. The first-order valence-corrected chi connectivity index (χ1v) is 9.00. The predicted molar refractivity (Wildman–Crippen MR) is 98.4 cm³/mol. The van der Waals surface area contributed by atoms with Crippen LogP contribution in [0.2, 0.25) is 5.02 Å². The molecule has 0 radical (unpaired) electrons. The number of halogens is 1. The van der Waals surface area contributed by atoms with E-state index in [1.54, 1.807) is 11.8 Å². The van der Waals surface area contributed by atoms with Crippen LogP contribution in [0.5, 0.6) is 0 Å². The highest BCUT2D eigenvalue weighted by molar-refractivity contribution is 7.99. The number of rotatable bonds is 5. The molecule has 1 heterocycles. The van der Waals surface area contributed by atoms with Crippen LogP contribution >= 0.6 is 23.4 Å². The van der Waals surface area contributed by atoms with Gasteiger partial charge in [-0.2, -0.15) is 5.10 Å². The zero-order valence-corrected chi connectivity index (χ0v) is 14.8. The van der Waals surface area contributed by atoms with Gasteiger partial charge >= 0.3 is 0 Å². The van der Waals surface area contributed by atoms with Crippen molar-refractivity contribution in [1.29, 1.82) is 0 Å². The maximum Gasteiger partial charge on any atom is 0.0761 e. The summed E-state index contributed by atoms with van der Waals surface area (Å²) >= 11 is 7.74. The van der Waals surface area contributed by atoms with Crippen LogP contribution in [0.4, 0.5) is 0 Å². The lowest BCUT2D eigenvalue weighted by atomic mass is 10.1. The molecular weight excluding hydrogens is 324 g/mol. The number of aromatic amines is 1. The number of nitrogens with zero attached hydrogens (tertiary/aromatic N) is 1. The SMILES string of the molecule is CCc1n[nH]c(CC)c1Sc1ccc(-c2ccc(Cl)cc2)cc1. The van der Waals surface area contributed by atoms with E-state index in [-0.39, 0.29) is 0 Å². The fourth-order valence-electron chi connectivity index (χ4n) is 2.49. The Hall–Kier alpha value is -1.71. The van der Waals surface area contributed by atoms with Crippen LogP contribution < -0.4 is 0 Å². The molecule has 0 aliphatic heterocycles. The number of benzene rings is 2. The van der Waals surface area contributed by atoms with E-state index in [1.807, 2.05) is 24.3 Å². The van der Waals surface area contributed by atoms with E-state index in [1.165, 1.54) is 26.6 Å². The second-order valence-corrected chi connectivity index (χ2v) is 6.84. The van der Waals surface area contributed by atoms with Gasteiger partial charge in [0.2, 0.25) is 0 Å². The number of hydrogen-bond donors (Lipinski definition) is 1. The highest BCUT2D eigenvalue weighted by Gasteiger charge is 2.12. The molecule has 23 heavy (non-hydrogen) atoms. The summed E-state index contributed by atoms with van der Waals surface area (Å²) in [7, 11) is 0. The summed E-state index contributed by atoms with van der Waals surface area (Å²) in [5, 5.41) is 8.34. The maximum atomic E-state index is 5.95. The number of aromatic nitrogens is 2. The van der Waals surface area contributed by atoms with Crippen molar-refractivity contribution in [1.82, 2.24) is 10.2 Å². The van der Waals surface area contributed by atoms with E-state index in [0.717, 1.165) is 23.6 Å². The Labute approximate surface area is 146 Å². The van der Waals surface area contributed by atoms with Crippen LogP contribution in [0.25, 0.3) is 11.1 Å². The topological polar surface area (TPSA) is 28.7 Å². The summed E-state index contributed by atoms with van der Waals surface area (Å²) in [6.07, 6.45) is 1.92. The van der Waals surface area contributed by atoms with Gasteiger partial charge in [-0.15, -0.1) is 0 Å². The summed E-state index contributed by atoms with van der Waals surface area (Å²) in [6, 6.07) is 16.6. The Morgan fingerprint density at radius 2 is 1.52 bits per heavy atom. The molecule has 0 unspecified atom stereocenters. The molecule has 0 fully saturated rings. The van der Waals surface area contributed by atoms with Crippen LogP contribution in [-0.4, -0.2) is 10.2 Å². The van der Waals surface area contributed by atoms with Gasteiger partial charge in [-0.25, -0.2) is 0 Å². The molecule has 2 nitrogen and oxygen atoms in total. The lowest BCUT2D eigenvalue weighted by molar-refractivity contribution is 0.936. The molecule has 0 bridgehead atoms. The average molecular weight is 343 g/mol. The molecule has 0 aliphatic carbocycles. The Morgan fingerprint density at radius 1 is 0.913 bits per heavy atom. The van der Waals surface area contributed by atoms with Gasteiger partial charge < -0.3 is 0 Å². The van der Waals surface area contributed by atoms with E-state index in [0.29, 0.717) is 0 Å². The number of aryl methyl sites for hydroxylation is 2. The summed E-state index contributed by atoms with van der Waals surface area (Å²) in [6.45, 7) is 4.30. The minimum atomic E-state index is 0.764. The highest BCUT2D eigenvalue weighted by Crippen LogP contribution is 2.34. The van der Waals surface area contributed by atoms with Crippen LogP contribution in [0.3, 0.4) is 0 Å². The molecule has 0 aliphatic rings. The number of nitrogens with one attached hydrogen (secondary N) is 1. The largest absolute Gasteiger partial charge is 0.281 e. The second-order valence-electron chi connectivity index (χ2n) is 5.32. The predicted octanol–water partition coefficient (Wildman–Crippen LogP) is 6.01. The molecule has 0 atom stereocenters. The van der Waals surface area contributed by atoms with E-state index in [4.69, 9.17) is 11.6 Å². The van der Waals surface area contributed by atoms with Crippen molar-refractivity contribution >= 4 is 23.4 Å². The van der Waals surface area contributed by atoms with Crippen LogP contribution in [-0.2, 0) is 12.8 Å². The zero-order valence-electron chi connectivity index (χ0n) is 13.3. The van der Waals surface area contributed by atoms with Gasteiger partial charge in [0.1, 0.15) is 0 Å². The molecule has 3 rings (SSSR count). The van der Waals surface area contributed by atoms with Gasteiger partial charge in [0.15, 0.2) is 0 Å². The summed E-state index contributed by atoms with van der Waals surface area (Å²) in [4.78, 5) is 2.50. The summed E-state index contributed by atoms with van der Waals surface area (Å²) < 4.78 is 0. The van der Waals surface area contributed by atoms with Gasteiger partial charge in [-0.3, -0.25) is 5.10 Å². The smallest absolute Gasteiger partial charge is 0.0761 e. The lowest BCUT2D eigenvalue weighted by Crippen LogP contribution is -1.86. The first-order valence-electron chi connectivity index (χ1n) is 7.81. The van der Waals surface area contributed by atoms with E-state index < -0.39 is 0 Å². The molecule has 0 saturated carbocycles. The fraction of sp³-hybridized carbons (Fsp3) is 0.211. The molecule has 1 N–H and O–H groups in total. The Bertz CT molecular complexity index is 755. The zero-order chi connectivity index (χ0) is 16.2. The van der Waals surface area contributed by atoms with Gasteiger partial charge in [0.25, 0.3) is 0 Å². The van der Waals surface area contributed by atoms with Gasteiger partial charge in [-0.05, 0) is 48.2 Å². The maximum absolute atomic E-state index is 5.95. The van der Waals surface area contributed by atoms with Crippen molar-refractivity contribution in [2.45, 2.75) is 36.5 Å². The molecule has 3 aromatic rings. The first kappa shape index (κ1) is 16.2. The Kier molecular flexibility index (Phi) is 5.09. The average Bonchev–Trinajstić information content (AvgIpc) is 2.98. The third kappa shape index (κ3) is 3.62. The molecule has 0 amide bonds. The van der Waals surface area contributed by atoms with Crippen molar-refractivity contribution in [3.8, 4) is 11.1 Å². The van der Waals surface area contributed by atoms with Crippen molar-refractivity contribution in [2.24, 2.45) is 0 Å². The van der Waals surface area contributed by atoms with Crippen molar-refractivity contribution < 1.29 is 0 Å². The van der Waals surface area contributed by atoms with Crippen LogP contribution in [0.1, 0.15) is 25.2 Å². The summed E-state index contributed by atoms with van der Waals surface area (Å²) in [5.41, 5.74) is 4.74. The molecule has 4 heteroatoms. The Balaban J connectivity index is 1.83. The molecular formula is C19H19ClN2S. The van der Waals surface area contributed by atoms with Crippen molar-refractivity contribution in [2.75, 3.05) is 0 Å². The summed E-state index contributed by atoms with van der Waals surface area (Å²) in [5.74, 6) is 0. The molecule has 0 saturated heterocycles. The molecule has 118 valence electrons. The quantitative estimate of drug-likeness (QED) is 0.615. The highest BCUT2D eigenvalue weighted by atomic mass is 35.5. The monoisotopic (exact) mass is 342 g/mol. The van der Waals surface area contributed by atoms with Gasteiger partial charge in [0, 0.05) is 15.6 Å². The standard InChI is InChI=1S/C19H19ClN2S/c1-3-17-19(18(4-2)22-21-17)23-16-11-7-14(8-12-16)13-5-9-15(20)10-6-13/h5-12H,3-4H2,1-2H3,(H,21,22). The van der Waals surface area contributed by atoms with Gasteiger partial charge in [-0.1, -0.05) is 61.5 Å². The Morgan fingerprint density at radius 3 is 2.09 bits per heavy atom. The third-order valence-corrected chi connectivity index (χ3v) is 5.25. The first-order chi connectivity index (χ1) is 11.2. The normalized spacial score (nSPS) is 10.9. The molecule has 0 spiro atoms. The number of hydrogen-bond acceptors (Lipinski definition) is 2. The fourth-order valence-corrected chi connectivity index (χ4v) is 3.74. The van der Waals surface area contributed by atoms with Crippen LogP contribution in [0, 0.1) is 0 Å². The van der Waals surface area contributed by atoms with Gasteiger partial charge in [0.05, 0.1) is 10.6 Å². The van der Waals surface area contributed by atoms with Crippen LogP contribution in [0.15, 0.2) is 58.3 Å². The lowest BCUT2D eigenvalue weighted by Gasteiger charge is -2.06. The molecule has 1 aromatic heterocycles. The third-order valence-electron chi connectivity index (χ3n) is 3.80. The number of H-pyrrole nitrogens is 1. The minimum absolute atomic E-state index is 0.764. The van der Waals surface area contributed by atoms with Crippen molar-refractivity contribution in [3.63, 3.8) is 0 Å². The van der Waals surface area contributed by atoms with E-state index in [9.17, 15) is 0 Å². The van der Waals surface area contributed by atoms with E-state index in [2.05, 4.69) is 48.3 Å². The van der Waals surface area contributed by atoms with E-state index >= 15 is 0 Å².